The molecule has 180 valence electrons. The summed E-state index contributed by atoms with van der Waals surface area (Å²) >= 11 is 0. The van der Waals surface area contributed by atoms with Crippen molar-refractivity contribution < 1.29 is 14.0 Å². The normalized spacial score (nSPS) is 12.0. The molecule has 1 atom stereocenters. The second kappa shape index (κ2) is 9.79. The molecule has 0 saturated heterocycles. The third-order valence-electron chi connectivity index (χ3n) is 5.43. The topological polar surface area (TPSA) is 137 Å². The first-order chi connectivity index (χ1) is 16.8. The summed E-state index contributed by atoms with van der Waals surface area (Å²) in [6, 6.07) is 11.1. The van der Waals surface area contributed by atoms with E-state index in [2.05, 4.69) is 31.5 Å². The summed E-state index contributed by atoms with van der Waals surface area (Å²) < 4.78 is 15.9. The smallest absolute Gasteiger partial charge is 0.271 e. The molecular formula is C23H23FN8O3. The fourth-order valence-electron chi connectivity index (χ4n) is 3.65. The van der Waals surface area contributed by atoms with Gasteiger partial charge in [-0.3, -0.25) is 25.2 Å². The van der Waals surface area contributed by atoms with E-state index < -0.39 is 23.7 Å². The van der Waals surface area contributed by atoms with Crippen LogP contribution < -0.4 is 16.4 Å². The van der Waals surface area contributed by atoms with Gasteiger partial charge in [-0.2, -0.15) is 5.10 Å². The van der Waals surface area contributed by atoms with Gasteiger partial charge in [0.1, 0.15) is 17.7 Å². The molecule has 0 fully saturated rings. The van der Waals surface area contributed by atoms with Gasteiger partial charge < -0.3 is 0 Å². The molecule has 0 bridgehead atoms. The number of carbonyl (C=O) groups is 2. The van der Waals surface area contributed by atoms with Crippen LogP contribution in [0.5, 0.6) is 0 Å². The maximum absolute atomic E-state index is 13.3. The summed E-state index contributed by atoms with van der Waals surface area (Å²) in [4.78, 5) is 38.8. The van der Waals surface area contributed by atoms with Crippen molar-refractivity contribution in [1.29, 1.82) is 0 Å². The van der Waals surface area contributed by atoms with Gasteiger partial charge >= 0.3 is 0 Å². The van der Waals surface area contributed by atoms with Gasteiger partial charge in [0.15, 0.2) is 5.69 Å². The molecule has 1 unspecified atom stereocenters. The third-order valence-corrected chi connectivity index (χ3v) is 5.43. The van der Waals surface area contributed by atoms with Crippen LogP contribution in [0, 0.1) is 12.7 Å². The number of nitrogens with one attached hydrogen (secondary N) is 2. The first kappa shape index (κ1) is 23.7. The summed E-state index contributed by atoms with van der Waals surface area (Å²) in [6.07, 6.45) is 0.146. The summed E-state index contributed by atoms with van der Waals surface area (Å²) in [5.41, 5.74) is 5.12. The molecule has 2 amide bonds. The molecule has 11 nitrogen and oxygen atoms in total. The van der Waals surface area contributed by atoms with Gasteiger partial charge in [-0.05, 0) is 55.0 Å². The molecular weight excluding hydrogens is 455 g/mol. The summed E-state index contributed by atoms with van der Waals surface area (Å²) in [6.45, 7) is 5.19. The molecule has 2 aromatic carbocycles. The lowest BCUT2D eigenvalue weighted by Gasteiger charge is -2.18. The lowest BCUT2D eigenvalue weighted by atomic mass is 10.1. The van der Waals surface area contributed by atoms with Crippen molar-refractivity contribution in [1.82, 2.24) is 40.8 Å². The van der Waals surface area contributed by atoms with Crippen LogP contribution in [-0.4, -0.2) is 41.8 Å². The fraction of sp³-hybridized carbons (Fsp3) is 0.261. The van der Waals surface area contributed by atoms with Crippen LogP contribution in [0.2, 0.25) is 0 Å². The Kier molecular flexibility index (Phi) is 6.62. The van der Waals surface area contributed by atoms with E-state index >= 15 is 0 Å². The number of hydrazine groups is 1. The largest absolute Gasteiger partial charge is 0.290 e. The molecule has 2 heterocycles. The number of aryl methyl sites for hydroxylation is 1. The number of rotatable bonds is 6. The summed E-state index contributed by atoms with van der Waals surface area (Å²) in [7, 11) is 0. The second-order valence-electron chi connectivity index (χ2n) is 8.20. The minimum atomic E-state index is -0.926. The lowest BCUT2D eigenvalue weighted by Crippen LogP contribution is -2.46. The third kappa shape index (κ3) is 4.90. The van der Waals surface area contributed by atoms with E-state index in [9.17, 15) is 18.8 Å². The van der Waals surface area contributed by atoms with Crippen molar-refractivity contribution in [3.05, 3.63) is 81.8 Å². The highest BCUT2D eigenvalue weighted by atomic mass is 19.1. The monoisotopic (exact) mass is 478 g/mol. The quantitative estimate of drug-likeness (QED) is 0.402. The Morgan fingerprint density at radius 3 is 2.31 bits per heavy atom. The van der Waals surface area contributed by atoms with Crippen molar-refractivity contribution in [2.45, 2.75) is 39.3 Å². The number of hydrogen-bond acceptors (Lipinski definition) is 7. The van der Waals surface area contributed by atoms with E-state index in [1.54, 1.807) is 57.2 Å². The van der Waals surface area contributed by atoms with E-state index in [-0.39, 0.29) is 23.7 Å². The van der Waals surface area contributed by atoms with Crippen LogP contribution in [-0.2, 0) is 11.2 Å². The highest BCUT2D eigenvalue weighted by Crippen LogP contribution is 2.17. The molecule has 0 spiro atoms. The Morgan fingerprint density at radius 2 is 1.69 bits per heavy atom. The SMILES string of the molecule is Cc1nnnn1C(Cc1ccc(F)cc1)C(=O)NNC(=O)c1nn(C(C)C)c(=O)c2ccccc12. The minimum Gasteiger partial charge on any atom is -0.271 e. The van der Waals surface area contributed by atoms with E-state index in [0.29, 0.717) is 22.2 Å². The number of nitrogens with zero attached hydrogens (tertiary/aromatic N) is 6. The molecule has 2 N–H and O–H groups in total. The van der Waals surface area contributed by atoms with Crippen molar-refractivity contribution in [3.8, 4) is 0 Å². The van der Waals surface area contributed by atoms with Crippen molar-refractivity contribution in [2.75, 3.05) is 0 Å². The van der Waals surface area contributed by atoms with Crippen molar-refractivity contribution >= 4 is 22.6 Å². The fourth-order valence-corrected chi connectivity index (χ4v) is 3.65. The maximum Gasteiger partial charge on any atom is 0.290 e. The zero-order valence-electron chi connectivity index (χ0n) is 19.3. The average molecular weight is 478 g/mol. The van der Waals surface area contributed by atoms with Crippen LogP contribution in [0.3, 0.4) is 0 Å². The number of aromatic nitrogens is 6. The predicted octanol–water partition coefficient (Wildman–Crippen LogP) is 1.66. The molecule has 35 heavy (non-hydrogen) atoms. The Morgan fingerprint density at radius 1 is 1.00 bits per heavy atom. The van der Waals surface area contributed by atoms with Crippen LogP contribution in [0.25, 0.3) is 10.8 Å². The molecule has 4 rings (SSSR count). The number of benzene rings is 2. The second-order valence-corrected chi connectivity index (χ2v) is 8.20. The van der Waals surface area contributed by atoms with Gasteiger partial charge in [0.05, 0.1) is 11.4 Å². The van der Waals surface area contributed by atoms with Gasteiger partial charge in [0.2, 0.25) is 0 Å². The highest BCUT2D eigenvalue weighted by Gasteiger charge is 2.26. The minimum absolute atomic E-state index is 0.0112. The number of fused-ring (bicyclic) bond motifs is 1. The zero-order chi connectivity index (χ0) is 25.1. The number of amides is 2. The van der Waals surface area contributed by atoms with E-state index in [1.165, 1.54) is 21.5 Å². The highest BCUT2D eigenvalue weighted by molar-refractivity contribution is 6.05. The Bertz CT molecular complexity index is 1450. The molecule has 0 radical (unpaired) electrons. The number of carbonyl (C=O) groups excluding carboxylic acids is 2. The molecule has 0 aliphatic rings. The van der Waals surface area contributed by atoms with E-state index in [4.69, 9.17) is 0 Å². The van der Waals surface area contributed by atoms with E-state index in [0.717, 1.165) is 0 Å². The lowest BCUT2D eigenvalue weighted by molar-refractivity contribution is -0.125. The van der Waals surface area contributed by atoms with Crippen LogP contribution >= 0.6 is 0 Å². The number of halogens is 1. The number of hydrogen-bond donors (Lipinski definition) is 2. The Labute approximate surface area is 198 Å². The zero-order valence-corrected chi connectivity index (χ0v) is 19.3. The molecule has 4 aromatic rings. The Hall–Kier alpha value is -4.48. The molecule has 0 aliphatic carbocycles. The van der Waals surface area contributed by atoms with Crippen LogP contribution in [0.1, 0.15) is 47.8 Å². The first-order valence-corrected chi connectivity index (χ1v) is 10.9. The first-order valence-electron chi connectivity index (χ1n) is 10.9. The maximum atomic E-state index is 13.3. The molecule has 0 aliphatic heterocycles. The standard InChI is InChI=1S/C23H23FN8O3/c1-13(2)31-23(35)18-7-5-4-6-17(18)20(28-31)22(34)27-26-21(33)19(32-14(3)25-29-30-32)12-15-8-10-16(24)11-9-15/h4-11,13,19H,12H2,1-3H3,(H,26,33)(H,27,34). The van der Waals surface area contributed by atoms with Crippen LogP contribution in [0.15, 0.2) is 53.3 Å². The van der Waals surface area contributed by atoms with Crippen molar-refractivity contribution in [3.63, 3.8) is 0 Å². The molecule has 2 aromatic heterocycles. The Balaban J connectivity index is 1.59. The van der Waals surface area contributed by atoms with Gasteiger partial charge in [-0.25, -0.2) is 13.8 Å². The predicted molar refractivity (Wildman–Crippen MR) is 124 cm³/mol. The summed E-state index contributed by atoms with van der Waals surface area (Å²) in [5, 5.41) is 16.2. The average Bonchev–Trinajstić information content (AvgIpc) is 3.27. The molecule has 0 saturated carbocycles. The van der Waals surface area contributed by atoms with Gasteiger partial charge in [0.25, 0.3) is 17.4 Å². The van der Waals surface area contributed by atoms with Gasteiger partial charge in [-0.15, -0.1) is 5.10 Å². The van der Waals surface area contributed by atoms with Crippen molar-refractivity contribution in [2.24, 2.45) is 0 Å². The number of tetrazole rings is 1. The van der Waals surface area contributed by atoms with Crippen LogP contribution in [0.4, 0.5) is 4.39 Å². The molecule has 12 heteroatoms. The van der Waals surface area contributed by atoms with Gasteiger partial charge in [-0.1, -0.05) is 30.3 Å². The van der Waals surface area contributed by atoms with Gasteiger partial charge in [0, 0.05) is 11.8 Å². The van der Waals surface area contributed by atoms with E-state index in [1.807, 2.05) is 0 Å². The summed E-state index contributed by atoms with van der Waals surface area (Å²) in [5.74, 6) is -1.31.